The Bertz CT molecular complexity index is 1000. The van der Waals surface area contributed by atoms with E-state index in [9.17, 15) is 26.3 Å². The van der Waals surface area contributed by atoms with E-state index in [4.69, 9.17) is 4.74 Å². The van der Waals surface area contributed by atoms with Gasteiger partial charge in [0, 0.05) is 11.1 Å². The highest BCUT2D eigenvalue weighted by Gasteiger charge is 2.63. The molecule has 1 saturated heterocycles. The summed E-state index contributed by atoms with van der Waals surface area (Å²) < 4.78 is 92.3. The Balaban J connectivity index is 1.90. The number of ether oxygens (including phenoxy) is 3. The van der Waals surface area contributed by atoms with E-state index in [0.717, 1.165) is 12.1 Å². The molecule has 162 valence electrons. The zero-order chi connectivity index (χ0) is 22.3. The molecular formula is C22H14F6O3. The third kappa shape index (κ3) is 4.32. The first-order valence-electron chi connectivity index (χ1n) is 9.03. The summed E-state index contributed by atoms with van der Waals surface area (Å²) in [6, 6.07) is 18.9. The van der Waals surface area contributed by atoms with Gasteiger partial charge in [-0.05, 0) is 17.7 Å². The summed E-state index contributed by atoms with van der Waals surface area (Å²) in [5.41, 5.74) is -1.24. The van der Waals surface area contributed by atoms with E-state index in [2.05, 4.69) is 9.47 Å². The second-order valence-electron chi connectivity index (χ2n) is 6.73. The van der Waals surface area contributed by atoms with Crippen molar-refractivity contribution < 1.29 is 40.6 Å². The highest BCUT2D eigenvalue weighted by atomic mass is 19.4. The number of rotatable bonds is 5. The maximum atomic E-state index is 13.0. The molecule has 0 saturated carbocycles. The van der Waals surface area contributed by atoms with Crippen molar-refractivity contribution in [2.45, 2.75) is 24.4 Å². The van der Waals surface area contributed by atoms with Crippen LogP contribution in [0.1, 0.15) is 22.8 Å². The fourth-order valence-corrected chi connectivity index (χ4v) is 3.61. The van der Waals surface area contributed by atoms with Crippen LogP contribution in [-0.4, -0.2) is 12.7 Å². The van der Waals surface area contributed by atoms with Crippen molar-refractivity contribution in [1.82, 2.24) is 0 Å². The minimum absolute atomic E-state index is 0.0700. The summed E-state index contributed by atoms with van der Waals surface area (Å²) in [5, 5.41) is 0. The number of benzene rings is 3. The number of halogens is 6. The molecule has 1 fully saturated rings. The quantitative estimate of drug-likeness (QED) is 0.335. The lowest BCUT2D eigenvalue weighted by molar-refractivity contribution is -0.275. The van der Waals surface area contributed by atoms with Gasteiger partial charge in [-0.2, -0.15) is 0 Å². The summed E-state index contributed by atoms with van der Waals surface area (Å²) in [4.78, 5) is 0. The van der Waals surface area contributed by atoms with Gasteiger partial charge in [0.15, 0.2) is 5.60 Å². The lowest BCUT2D eigenvalue weighted by Crippen LogP contribution is -2.23. The van der Waals surface area contributed by atoms with Gasteiger partial charge >= 0.3 is 12.7 Å². The van der Waals surface area contributed by atoms with Gasteiger partial charge in [0.05, 0.1) is 0 Å². The molecule has 0 bridgehead atoms. The molecule has 3 aromatic rings. The van der Waals surface area contributed by atoms with E-state index in [-0.39, 0.29) is 11.1 Å². The fourth-order valence-electron chi connectivity index (χ4n) is 3.61. The molecule has 0 N–H and O–H groups in total. The molecule has 0 aliphatic carbocycles. The maximum absolute atomic E-state index is 13.0. The third-order valence-corrected chi connectivity index (χ3v) is 4.74. The van der Waals surface area contributed by atoms with Gasteiger partial charge in [-0.3, -0.25) is 0 Å². The molecule has 1 heterocycles. The number of para-hydroxylation sites is 2. The third-order valence-electron chi connectivity index (χ3n) is 4.74. The van der Waals surface area contributed by atoms with E-state index in [0.29, 0.717) is 5.56 Å². The molecule has 1 aliphatic rings. The molecular weight excluding hydrogens is 426 g/mol. The molecule has 0 unspecified atom stereocenters. The van der Waals surface area contributed by atoms with Gasteiger partial charge in [-0.25, -0.2) is 0 Å². The van der Waals surface area contributed by atoms with Crippen LogP contribution in [0, 0.1) is 0 Å². The molecule has 0 spiro atoms. The predicted octanol–water partition coefficient (Wildman–Crippen LogP) is 6.50. The number of hydrogen-bond acceptors (Lipinski definition) is 3. The summed E-state index contributed by atoms with van der Waals surface area (Å²) >= 11 is 0. The summed E-state index contributed by atoms with van der Waals surface area (Å²) in [6.45, 7) is 0. The van der Waals surface area contributed by atoms with E-state index < -0.39 is 35.9 Å². The van der Waals surface area contributed by atoms with E-state index in [1.165, 1.54) is 36.4 Å². The van der Waals surface area contributed by atoms with Crippen LogP contribution in [0.3, 0.4) is 0 Å². The zero-order valence-corrected chi connectivity index (χ0v) is 15.6. The van der Waals surface area contributed by atoms with Crippen LogP contribution >= 0.6 is 0 Å². The van der Waals surface area contributed by atoms with Crippen molar-refractivity contribution in [3.05, 3.63) is 95.6 Å². The second kappa shape index (κ2) is 7.49. The van der Waals surface area contributed by atoms with Crippen molar-refractivity contribution in [1.29, 1.82) is 0 Å². The Labute approximate surface area is 172 Å². The van der Waals surface area contributed by atoms with Crippen LogP contribution in [0.5, 0.6) is 11.5 Å². The Morgan fingerprint density at radius 3 is 1.48 bits per heavy atom. The van der Waals surface area contributed by atoms with Crippen molar-refractivity contribution in [2.24, 2.45) is 0 Å². The smallest absolute Gasteiger partial charge is 0.405 e. The number of alkyl halides is 6. The first kappa shape index (κ1) is 21.0. The Kier molecular flexibility index (Phi) is 5.09. The minimum Gasteiger partial charge on any atom is -0.405 e. The van der Waals surface area contributed by atoms with Crippen LogP contribution in [0.2, 0.25) is 0 Å². The highest BCUT2D eigenvalue weighted by molar-refractivity contribution is 5.56. The average Bonchev–Trinajstić information content (AvgIpc) is 3.43. The van der Waals surface area contributed by atoms with Gasteiger partial charge in [-0.1, -0.05) is 66.7 Å². The van der Waals surface area contributed by atoms with E-state index >= 15 is 0 Å². The molecule has 4 rings (SSSR count). The van der Waals surface area contributed by atoms with E-state index in [1.54, 1.807) is 30.3 Å². The van der Waals surface area contributed by atoms with Crippen LogP contribution < -0.4 is 9.47 Å². The molecule has 3 aromatic carbocycles. The molecule has 1 atom stereocenters. The van der Waals surface area contributed by atoms with Crippen molar-refractivity contribution >= 4 is 0 Å². The monoisotopic (exact) mass is 440 g/mol. The first-order chi connectivity index (χ1) is 14.6. The van der Waals surface area contributed by atoms with Gasteiger partial charge in [-0.15, -0.1) is 26.3 Å². The van der Waals surface area contributed by atoms with Crippen molar-refractivity contribution in [3.8, 4) is 11.5 Å². The predicted molar refractivity (Wildman–Crippen MR) is 97.3 cm³/mol. The normalized spacial score (nSPS) is 17.8. The lowest BCUT2D eigenvalue weighted by atomic mass is 9.84. The van der Waals surface area contributed by atoms with Gasteiger partial charge < -0.3 is 14.2 Å². The van der Waals surface area contributed by atoms with Crippen molar-refractivity contribution in [2.75, 3.05) is 0 Å². The van der Waals surface area contributed by atoms with Crippen LogP contribution in [-0.2, 0) is 10.3 Å². The average molecular weight is 440 g/mol. The van der Waals surface area contributed by atoms with Crippen LogP contribution in [0.25, 0.3) is 0 Å². The SMILES string of the molecule is FC(F)(F)Oc1ccccc1C1(c2ccccc2OC(F)(F)F)O[C@H]1c1ccccc1. The van der Waals surface area contributed by atoms with Gasteiger partial charge in [0.2, 0.25) is 0 Å². The standard InChI is InChI=1S/C22H14F6O3/c23-21(24,25)29-17-12-6-4-10-15(17)20(19(31-20)14-8-2-1-3-9-14)16-11-5-7-13-18(16)30-22(26,27)28/h1-13,19H/t19-/m0/s1. The first-order valence-corrected chi connectivity index (χ1v) is 9.03. The maximum Gasteiger partial charge on any atom is 0.573 e. The van der Waals surface area contributed by atoms with Crippen LogP contribution in [0.4, 0.5) is 26.3 Å². The summed E-state index contributed by atoms with van der Waals surface area (Å²) in [7, 11) is 0. The highest BCUT2D eigenvalue weighted by Crippen LogP contribution is 2.64. The summed E-state index contributed by atoms with van der Waals surface area (Å²) in [5.74, 6) is -1.15. The Morgan fingerprint density at radius 1 is 0.613 bits per heavy atom. The summed E-state index contributed by atoms with van der Waals surface area (Å²) in [6.07, 6.45) is -10.9. The zero-order valence-electron chi connectivity index (χ0n) is 15.6. The Morgan fingerprint density at radius 2 is 1.03 bits per heavy atom. The number of hydrogen-bond donors (Lipinski definition) is 0. The number of epoxide rings is 1. The lowest BCUT2D eigenvalue weighted by Gasteiger charge is -2.22. The molecule has 0 radical (unpaired) electrons. The molecule has 1 aliphatic heterocycles. The van der Waals surface area contributed by atoms with Gasteiger partial charge in [0.1, 0.15) is 17.6 Å². The molecule has 9 heteroatoms. The minimum atomic E-state index is -5.00. The topological polar surface area (TPSA) is 31.0 Å². The van der Waals surface area contributed by atoms with Gasteiger partial charge in [0.25, 0.3) is 0 Å². The van der Waals surface area contributed by atoms with Crippen LogP contribution in [0.15, 0.2) is 78.9 Å². The van der Waals surface area contributed by atoms with E-state index in [1.807, 2.05) is 0 Å². The molecule has 3 nitrogen and oxygen atoms in total. The molecule has 0 amide bonds. The largest absolute Gasteiger partial charge is 0.573 e. The molecule has 0 aromatic heterocycles. The second-order valence-corrected chi connectivity index (χ2v) is 6.73. The molecule has 31 heavy (non-hydrogen) atoms. The Hall–Kier alpha value is -3.20. The fraction of sp³-hybridized carbons (Fsp3) is 0.182. The van der Waals surface area contributed by atoms with Crippen molar-refractivity contribution in [3.63, 3.8) is 0 Å².